The molecule has 0 saturated carbocycles. The molecular weight excluding hydrogens is 375 g/mol. The molecule has 0 radical (unpaired) electrons. The molecule has 0 bridgehead atoms. The number of allylic oxidation sites excluding steroid dienone is 1. The molecule has 8 nitrogen and oxygen atoms in total. The van der Waals surface area contributed by atoms with Gasteiger partial charge in [-0.3, -0.25) is 18.5 Å². The average molecular weight is 391 g/mol. The monoisotopic (exact) mass is 390 g/mol. The summed E-state index contributed by atoms with van der Waals surface area (Å²) in [6.07, 6.45) is 2.79. The summed E-state index contributed by atoms with van der Waals surface area (Å²) in [6.45, 7) is 3.92. The first-order valence-corrected chi connectivity index (χ1v) is 8.24. The number of halogens is 2. The molecule has 0 atom stereocenters. The van der Waals surface area contributed by atoms with Crippen LogP contribution in [0.4, 0.5) is 10.3 Å². The summed E-state index contributed by atoms with van der Waals surface area (Å²) in [6, 6.07) is 4.29. The third kappa shape index (κ3) is 3.17. The van der Waals surface area contributed by atoms with Crippen LogP contribution in [0.15, 0.2) is 45.5 Å². The normalized spacial score (nSPS) is 11.4. The number of hydrogen-bond acceptors (Lipinski definition) is 5. The van der Waals surface area contributed by atoms with Crippen LogP contribution in [0.5, 0.6) is 0 Å². The Morgan fingerprint density at radius 3 is 2.74 bits per heavy atom. The number of imidazole rings is 1. The van der Waals surface area contributed by atoms with Gasteiger partial charge >= 0.3 is 5.69 Å². The zero-order valence-corrected chi connectivity index (χ0v) is 15.4. The molecule has 0 amide bonds. The first kappa shape index (κ1) is 18.6. The van der Waals surface area contributed by atoms with Crippen LogP contribution in [-0.2, 0) is 20.6 Å². The molecule has 3 rings (SSSR count). The van der Waals surface area contributed by atoms with E-state index in [1.165, 1.54) is 41.6 Å². The first-order chi connectivity index (χ1) is 12.9. The van der Waals surface area contributed by atoms with Gasteiger partial charge in [-0.1, -0.05) is 23.7 Å². The Balaban J connectivity index is 2.11. The van der Waals surface area contributed by atoms with Gasteiger partial charge in [0.15, 0.2) is 11.2 Å². The highest BCUT2D eigenvalue weighted by Gasteiger charge is 2.18. The molecule has 10 heteroatoms. The average Bonchev–Trinajstić information content (AvgIpc) is 2.99. The lowest BCUT2D eigenvalue weighted by Gasteiger charge is -2.06. The summed E-state index contributed by atoms with van der Waals surface area (Å²) in [5, 5.41) is 4.17. The van der Waals surface area contributed by atoms with Crippen molar-refractivity contribution in [2.75, 3.05) is 5.43 Å². The minimum absolute atomic E-state index is 0.112. The zero-order chi connectivity index (χ0) is 19.7. The van der Waals surface area contributed by atoms with E-state index in [-0.39, 0.29) is 34.2 Å². The molecule has 0 fully saturated rings. The predicted octanol–water partition coefficient (Wildman–Crippen LogP) is 1.86. The smallest absolute Gasteiger partial charge is 0.299 e. The molecule has 1 N–H and O–H groups in total. The first-order valence-electron chi connectivity index (χ1n) is 7.87. The number of benzene rings is 1. The fraction of sp³-hybridized carbons (Fsp3) is 0.176. The fourth-order valence-electron chi connectivity index (χ4n) is 2.63. The lowest BCUT2D eigenvalue weighted by atomic mass is 10.2. The maximum atomic E-state index is 13.8. The number of nitrogens with zero attached hydrogens (tertiary/aromatic N) is 5. The Bertz CT molecular complexity index is 1170. The second-order valence-electron chi connectivity index (χ2n) is 5.72. The lowest BCUT2D eigenvalue weighted by Crippen LogP contribution is -2.37. The summed E-state index contributed by atoms with van der Waals surface area (Å²) in [5.41, 5.74) is 2.22. The van der Waals surface area contributed by atoms with Gasteiger partial charge in [-0.15, -0.1) is 6.58 Å². The minimum Gasteiger partial charge on any atom is -0.299 e. The Labute approximate surface area is 157 Å². The summed E-state index contributed by atoms with van der Waals surface area (Å²) < 4.78 is 17.6. The molecule has 3 aromatic rings. The van der Waals surface area contributed by atoms with E-state index in [2.05, 4.69) is 22.1 Å². The number of aromatic nitrogens is 4. The fourth-order valence-corrected chi connectivity index (χ4v) is 2.84. The summed E-state index contributed by atoms with van der Waals surface area (Å²) >= 11 is 5.96. The van der Waals surface area contributed by atoms with Crippen LogP contribution in [0.2, 0.25) is 5.02 Å². The van der Waals surface area contributed by atoms with Crippen LogP contribution in [0.3, 0.4) is 0 Å². The Hall–Kier alpha value is -3.20. The molecule has 2 heterocycles. The van der Waals surface area contributed by atoms with Crippen molar-refractivity contribution in [3.8, 4) is 0 Å². The zero-order valence-electron chi connectivity index (χ0n) is 14.6. The Morgan fingerprint density at radius 1 is 1.33 bits per heavy atom. The van der Waals surface area contributed by atoms with Gasteiger partial charge in [-0.25, -0.2) is 14.6 Å². The minimum atomic E-state index is -0.524. The number of hydrazone groups is 1. The predicted molar refractivity (Wildman–Crippen MR) is 103 cm³/mol. The molecule has 2 aromatic heterocycles. The number of rotatable bonds is 5. The van der Waals surface area contributed by atoms with Gasteiger partial charge in [0.2, 0.25) is 5.95 Å². The van der Waals surface area contributed by atoms with Crippen LogP contribution in [0, 0.1) is 5.82 Å². The molecule has 0 saturated heterocycles. The van der Waals surface area contributed by atoms with Gasteiger partial charge in [-0.05, 0) is 12.1 Å². The SMILES string of the molecule is C=CCn1c(N/N=C\c2c(F)cccc2Cl)nc2c1c(=O)n(C)c(=O)n2C. The molecule has 0 spiro atoms. The van der Waals surface area contributed by atoms with Crippen molar-refractivity contribution in [1.82, 2.24) is 18.7 Å². The Morgan fingerprint density at radius 2 is 2.07 bits per heavy atom. The quantitative estimate of drug-likeness (QED) is 0.409. The van der Waals surface area contributed by atoms with E-state index in [9.17, 15) is 14.0 Å². The Kier molecular flexibility index (Phi) is 4.95. The van der Waals surface area contributed by atoms with Gasteiger partial charge < -0.3 is 0 Å². The van der Waals surface area contributed by atoms with Crippen molar-refractivity contribution < 1.29 is 4.39 Å². The van der Waals surface area contributed by atoms with Crippen molar-refractivity contribution in [1.29, 1.82) is 0 Å². The van der Waals surface area contributed by atoms with Gasteiger partial charge in [0, 0.05) is 26.2 Å². The summed E-state index contributed by atoms with van der Waals surface area (Å²) in [5.74, 6) is -0.323. The van der Waals surface area contributed by atoms with E-state index in [1.54, 1.807) is 12.1 Å². The molecule has 0 aliphatic heterocycles. The number of anilines is 1. The summed E-state index contributed by atoms with van der Waals surface area (Å²) in [4.78, 5) is 28.9. The van der Waals surface area contributed by atoms with E-state index in [1.807, 2.05) is 0 Å². The van der Waals surface area contributed by atoms with Crippen LogP contribution >= 0.6 is 11.6 Å². The van der Waals surface area contributed by atoms with E-state index in [0.29, 0.717) is 0 Å². The van der Waals surface area contributed by atoms with Crippen LogP contribution < -0.4 is 16.7 Å². The van der Waals surface area contributed by atoms with Gasteiger partial charge in [-0.2, -0.15) is 10.1 Å². The molecule has 0 aliphatic carbocycles. The molecule has 140 valence electrons. The molecule has 0 aliphatic rings. The molecular formula is C17H16ClFN6O2. The van der Waals surface area contributed by atoms with Crippen LogP contribution in [0.25, 0.3) is 11.2 Å². The number of aryl methyl sites for hydroxylation is 1. The number of nitrogens with one attached hydrogen (secondary N) is 1. The largest absolute Gasteiger partial charge is 0.332 e. The van der Waals surface area contributed by atoms with E-state index in [0.717, 1.165) is 4.57 Å². The van der Waals surface area contributed by atoms with Crippen molar-refractivity contribution in [3.05, 3.63) is 68.1 Å². The van der Waals surface area contributed by atoms with Crippen molar-refractivity contribution >= 4 is 34.9 Å². The highest BCUT2D eigenvalue weighted by Crippen LogP contribution is 2.18. The molecule has 1 aromatic carbocycles. The van der Waals surface area contributed by atoms with Crippen molar-refractivity contribution in [2.45, 2.75) is 6.54 Å². The highest BCUT2D eigenvalue weighted by molar-refractivity contribution is 6.33. The number of fused-ring (bicyclic) bond motifs is 1. The maximum absolute atomic E-state index is 13.8. The standard InChI is InChI=1S/C17H16ClFN6O2/c1-4-8-25-13-14(23(2)17(27)24(3)15(13)26)21-16(25)22-20-9-10-11(18)6-5-7-12(10)19/h4-7,9H,1,8H2,2-3H3,(H,21,22)/b20-9-. The van der Waals surface area contributed by atoms with Gasteiger partial charge in [0.25, 0.3) is 5.56 Å². The molecule has 27 heavy (non-hydrogen) atoms. The highest BCUT2D eigenvalue weighted by atomic mass is 35.5. The third-order valence-corrected chi connectivity index (χ3v) is 4.35. The van der Waals surface area contributed by atoms with Crippen LogP contribution in [-0.4, -0.2) is 24.9 Å². The number of hydrogen-bond donors (Lipinski definition) is 1. The second kappa shape index (κ2) is 7.20. The van der Waals surface area contributed by atoms with Gasteiger partial charge in [0.05, 0.1) is 11.2 Å². The van der Waals surface area contributed by atoms with E-state index >= 15 is 0 Å². The van der Waals surface area contributed by atoms with Crippen LogP contribution in [0.1, 0.15) is 5.56 Å². The summed E-state index contributed by atoms with van der Waals surface area (Å²) in [7, 11) is 2.91. The topological polar surface area (TPSA) is 86.2 Å². The van der Waals surface area contributed by atoms with E-state index < -0.39 is 17.1 Å². The van der Waals surface area contributed by atoms with E-state index in [4.69, 9.17) is 11.6 Å². The lowest BCUT2D eigenvalue weighted by molar-refractivity contribution is 0.626. The van der Waals surface area contributed by atoms with Crippen molar-refractivity contribution in [3.63, 3.8) is 0 Å². The second-order valence-corrected chi connectivity index (χ2v) is 6.13. The maximum Gasteiger partial charge on any atom is 0.332 e. The van der Waals surface area contributed by atoms with Gasteiger partial charge in [0.1, 0.15) is 5.82 Å². The third-order valence-electron chi connectivity index (χ3n) is 4.02. The molecule has 0 unspecified atom stereocenters. The van der Waals surface area contributed by atoms with Crippen molar-refractivity contribution in [2.24, 2.45) is 19.2 Å².